The van der Waals surface area contributed by atoms with Crippen molar-refractivity contribution in [1.82, 2.24) is 15.5 Å². The lowest BCUT2D eigenvalue weighted by molar-refractivity contribution is -0.143. The molecule has 6 heteroatoms. The van der Waals surface area contributed by atoms with Crippen molar-refractivity contribution in [1.29, 1.82) is 0 Å². The molecular formula is C16H23N3O3. The molecule has 0 bridgehead atoms. The van der Waals surface area contributed by atoms with Crippen LogP contribution in [-0.2, 0) is 16.0 Å². The number of likely N-dealkylation sites (N-methyl/N-ethyl adjacent to an activating group) is 1. The smallest absolute Gasteiger partial charge is 0.242 e. The normalized spacial score (nSPS) is 21.3. The molecule has 0 aliphatic carbocycles. The minimum atomic E-state index is -1.38. The number of nitrogens with one attached hydrogen (secondary N) is 2. The van der Waals surface area contributed by atoms with Crippen molar-refractivity contribution in [3.8, 4) is 0 Å². The zero-order chi connectivity index (χ0) is 16.2. The van der Waals surface area contributed by atoms with Gasteiger partial charge in [-0.1, -0.05) is 30.3 Å². The van der Waals surface area contributed by atoms with Gasteiger partial charge in [-0.15, -0.1) is 0 Å². The summed E-state index contributed by atoms with van der Waals surface area (Å²) in [4.78, 5) is 25.2. The first-order valence-corrected chi connectivity index (χ1v) is 7.41. The van der Waals surface area contributed by atoms with Crippen molar-refractivity contribution in [2.45, 2.75) is 25.0 Å². The van der Waals surface area contributed by atoms with E-state index in [4.69, 9.17) is 0 Å². The van der Waals surface area contributed by atoms with Gasteiger partial charge in [0.1, 0.15) is 11.6 Å². The van der Waals surface area contributed by atoms with Crippen LogP contribution in [0, 0.1) is 0 Å². The molecule has 1 aromatic carbocycles. The highest BCUT2D eigenvalue weighted by molar-refractivity contribution is 5.84. The van der Waals surface area contributed by atoms with Gasteiger partial charge in [0.25, 0.3) is 0 Å². The van der Waals surface area contributed by atoms with Crippen LogP contribution in [0.2, 0.25) is 0 Å². The minimum Gasteiger partial charge on any atom is -0.386 e. The number of rotatable bonds is 5. The third kappa shape index (κ3) is 3.84. The average molecular weight is 305 g/mol. The Morgan fingerprint density at radius 2 is 2.14 bits per heavy atom. The average Bonchev–Trinajstić information content (AvgIpc) is 2.49. The topological polar surface area (TPSA) is 81.7 Å². The van der Waals surface area contributed by atoms with Crippen molar-refractivity contribution in [3.05, 3.63) is 35.9 Å². The van der Waals surface area contributed by atoms with E-state index >= 15 is 0 Å². The number of carbonyl (C=O) groups is 2. The number of hydrogen-bond acceptors (Lipinski definition) is 4. The Balaban J connectivity index is 2.23. The molecule has 0 aromatic heterocycles. The van der Waals surface area contributed by atoms with Crippen LogP contribution in [-0.4, -0.2) is 60.1 Å². The zero-order valence-corrected chi connectivity index (χ0v) is 13.0. The van der Waals surface area contributed by atoms with Gasteiger partial charge in [-0.2, -0.15) is 0 Å². The second-order valence-electron chi connectivity index (χ2n) is 5.82. The number of nitrogens with zero attached hydrogens (tertiary/aromatic N) is 1. The molecule has 0 spiro atoms. The van der Waals surface area contributed by atoms with Crippen molar-refractivity contribution < 1.29 is 14.7 Å². The summed E-state index contributed by atoms with van der Waals surface area (Å²) in [6, 6.07) is 8.73. The van der Waals surface area contributed by atoms with Gasteiger partial charge in [0.05, 0.1) is 0 Å². The molecular weight excluding hydrogens is 282 g/mol. The molecule has 2 atom stereocenters. The largest absolute Gasteiger partial charge is 0.386 e. The summed E-state index contributed by atoms with van der Waals surface area (Å²) in [6.45, 7) is 2.64. The molecule has 22 heavy (non-hydrogen) atoms. The number of benzene rings is 1. The van der Waals surface area contributed by atoms with Crippen molar-refractivity contribution in [2.75, 3.05) is 26.7 Å². The van der Waals surface area contributed by atoms with Gasteiger partial charge in [-0.25, -0.2) is 0 Å². The lowest BCUT2D eigenvalue weighted by Gasteiger charge is -2.41. The quantitative estimate of drug-likeness (QED) is 0.687. The van der Waals surface area contributed by atoms with Crippen LogP contribution >= 0.6 is 0 Å². The van der Waals surface area contributed by atoms with Gasteiger partial charge in [0.2, 0.25) is 11.8 Å². The van der Waals surface area contributed by atoms with E-state index in [9.17, 15) is 14.7 Å². The fraction of sp³-hybridized carbons (Fsp3) is 0.500. The predicted octanol–water partition coefficient (Wildman–Crippen LogP) is -0.473. The molecule has 1 heterocycles. The molecule has 1 saturated heterocycles. The summed E-state index contributed by atoms with van der Waals surface area (Å²) >= 11 is 0. The lowest BCUT2D eigenvalue weighted by atomic mass is 9.85. The maximum Gasteiger partial charge on any atom is 0.242 e. The SMILES string of the molecule is CC(=O)NC[C@@](O)(Cc1ccccc1)C1NCCN(C)C1=O. The minimum absolute atomic E-state index is 0.0223. The van der Waals surface area contributed by atoms with Gasteiger partial charge in [-0.05, 0) is 5.56 Å². The summed E-state index contributed by atoms with van der Waals surface area (Å²) in [5.41, 5.74) is -0.461. The fourth-order valence-electron chi connectivity index (χ4n) is 2.71. The second kappa shape index (κ2) is 6.89. The summed E-state index contributed by atoms with van der Waals surface area (Å²) in [5, 5.41) is 16.8. The molecule has 120 valence electrons. The Hall–Kier alpha value is -1.92. The maximum atomic E-state index is 12.4. The predicted molar refractivity (Wildman–Crippen MR) is 83.2 cm³/mol. The van der Waals surface area contributed by atoms with Crippen LogP contribution in [0.5, 0.6) is 0 Å². The first-order valence-electron chi connectivity index (χ1n) is 7.41. The molecule has 3 N–H and O–H groups in total. The molecule has 2 rings (SSSR count). The molecule has 0 radical (unpaired) electrons. The Morgan fingerprint density at radius 1 is 1.45 bits per heavy atom. The van der Waals surface area contributed by atoms with Gasteiger partial charge < -0.3 is 20.6 Å². The van der Waals surface area contributed by atoms with Crippen molar-refractivity contribution >= 4 is 11.8 Å². The van der Waals surface area contributed by atoms with Crippen LogP contribution < -0.4 is 10.6 Å². The lowest BCUT2D eigenvalue weighted by Crippen LogP contribution is -2.67. The van der Waals surface area contributed by atoms with E-state index in [1.165, 1.54) is 6.92 Å². The standard InChI is InChI=1S/C16H23N3O3/c1-12(20)18-11-16(22,10-13-6-4-3-5-7-13)14-15(21)19(2)9-8-17-14/h3-7,14,17,22H,8-11H2,1-2H3,(H,18,20)/t14?,16-/m0/s1. The maximum absolute atomic E-state index is 12.4. The van der Waals surface area contributed by atoms with E-state index in [1.54, 1.807) is 11.9 Å². The number of amides is 2. The van der Waals surface area contributed by atoms with Gasteiger partial charge in [0.15, 0.2) is 0 Å². The van der Waals surface area contributed by atoms with E-state index < -0.39 is 11.6 Å². The van der Waals surface area contributed by atoms with Crippen LogP contribution in [0.1, 0.15) is 12.5 Å². The molecule has 2 amide bonds. The van der Waals surface area contributed by atoms with Gasteiger partial charge >= 0.3 is 0 Å². The Kier molecular flexibility index (Phi) is 5.15. The summed E-state index contributed by atoms with van der Waals surface area (Å²) in [5.74, 6) is -0.391. The van der Waals surface area contributed by atoms with E-state index in [-0.39, 0.29) is 24.8 Å². The number of piperazine rings is 1. The highest BCUT2D eigenvalue weighted by atomic mass is 16.3. The highest BCUT2D eigenvalue weighted by Crippen LogP contribution is 2.20. The summed E-state index contributed by atoms with van der Waals surface area (Å²) in [6.07, 6.45) is 0.283. The van der Waals surface area contributed by atoms with Gasteiger partial charge in [0, 0.05) is 40.0 Å². The van der Waals surface area contributed by atoms with E-state index in [1.807, 2.05) is 30.3 Å². The Morgan fingerprint density at radius 3 is 2.77 bits per heavy atom. The Labute approximate surface area is 130 Å². The molecule has 1 aliphatic rings. The number of aliphatic hydroxyl groups is 1. The van der Waals surface area contributed by atoms with Crippen LogP contribution in [0.3, 0.4) is 0 Å². The molecule has 0 saturated carbocycles. The van der Waals surface area contributed by atoms with E-state index in [0.717, 1.165) is 5.56 Å². The number of hydrogen-bond donors (Lipinski definition) is 3. The van der Waals surface area contributed by atoms with E-state index in [2.05, 4.69) is 10.6 Å². The first kappa shape index (κ1) is 16.5. The molecule has 1 fully saturated rings. The van der Waals surface area contributed by atoms with Crippen LogP contribution in [0.15, 0.2) is 30.3 Å². The monoisotopic (exact) mass is 305 g/mol. The van der Waals surface area contributed by atoms with Crippen LogP contribution in [0.25, 0.3) is 0 Å². The van der Waals surface area contributed by atoms with Gasteiger partial charge in [-0.3, -0.25) is 9.59 Å². The second-order valence-corrected chi connectivity index (χ2v) is 5.82. The molecule has 6 nitrogen and oxygen atoms in total. The molecule has 1 unspecified atom stereocenters. The third-order valence-corrected chi connectivity index (χ3v) is 3.95. The zero-order valence-electron chi connectivity index (χ0n) is 13.0. The highest BCUT2D eigenvalue weighted by Gasteiger charge is 2.44. The summed E-state index contributed by atoms with van der Waals surface area (Å²) in [7, 11) is 1.72. The Bertz CT molecular complexity index is 535. The summed E-state index contributed by atoms with van der Waals surface area (Å²) < 4.78 is 0. The van der Waals surface area contributed by atoms with Crippen molar-refractivity contribution in [3.63, 3.8) is 0 Å². The van der Waals surface area contributed by atoms with Crippen molar-refractivity contribution in [2.24, 2.45) is 0 Å². The number of carbonyl (C=O) groups excluding carboxylic acids is 2. The third-order valence-electron chi connectivity index (χ3n) is 3.95. The molecule has 1 aliphatic heterocycles. The van der Waals surface area contributed by atoms with Crippen LogP contribution in [0.4, 0.5) is 0 Å². The fourth-order valence-corrected chi connectivity index (χ4v) is 2.71. The first-order chi connectivity index (χ1) is 10.4. The van der Waals surface area contributed by atoms with E-state index in [0.29, 0.717) is 13.1 Å². The molecule has 1 aromatic rings.